The molecule has 1 aliphatic carbocycles. The third kappa shape index (κ3) is 5.19. The van der Waals surface area contributed by atoms with E-state index in [1.54, 1.807) is 24.3 Å². The summed E-state index contributed by atoms with van der Waals surface area (Å²) in [7, 11) is 1.51. The zero-order valence-corrected chi connectivity index (χ0v) is 15.1. The Bertz CT molecular complexity index is 595. The standard InChI is InChI=1S/C19H28N2O4/c1-12(2)17(19(24)20-13-8-10-14(22)11-9-13)21-18(23)15-6-4-5-7-16(15)25-3/h4-7,12-14,17,22H,8-11H2,1-3H3,(H,20,24)(H,21,23)/t13?,14?,17-/m0/s1. The van der Waals surface area contributed by atoms with E-state index in [0.29, 0.717) is 24.2 Å². The van der Waals surface area contributed by atoms with Gasteiger partial charge in [0.05, 0.1) is 18.8 Å². The molecular formula is C19H28N2O4. The fraction of sp³-hybridized carbons (Fsp3) is 0.579. The number of aliphatic hydroxyl groups excluding tert-OH is 1. The lowest BCUT2D eigenvalue weighted by atomic mass is 9.92. The van der Waals surface area contributed by atoms with Crippen LogP contribution in [0.3, 0.4) is 0 Å². The molecule has 0 spiro atoms. The second kappa shape index (κ2) is 8.85. The minimum atomic E-state index is -0.621. The summed E-state index contributed by atoms with van der Waals surface area (Å²) in [6.07, 6.45) is 2.66. The Hall–Kier alpha value is -2.08. The van der Waals surface area contributed by atoms with Crippen molar-refractivity contribution < 1.29 is 19.4 Å². The third-order valence-corrected chi connectivity index (χ3v) is 4.63. The van der Waals surface area contributed by atoms with Crippen molar-refractivity contribution in [2.24, 2.45) is 5.92 Å². The maximum absolute atomic E-state index is 12.6. The number of nitrogens with one attached hydrogen (secondary N) is 2. The number of hydrogen-bond donors (Lipinski definition) is 3. The molecule has 0 bridgehead atoms. The van der Waals surface area contributed by atoms with Gasteiger partial charge in [-0.15, -0.1) is 0 Å². The van der Waals surface area contributed by atoms with Crippen LogP contribution in [-0.2, 0) is 4.79 Å². The topological polar surface area (TPSA) is 87.7 Å². The maximum Gasteiger partial charge on any atom is 0.255 e. The van der Waals surface area contributed by atoms with E-state index < -0.39 is 6.04 Å². The molecule has 0 unspecified atom stereocenters. The van der Waals surface area contributed by atoms with Crippen molar-refractivity contribution in [3.8, 4) is 5.75 Å². The van der Waals surface area contributed by atoms with Crippen LogP contribution < -0.4 is 15.4 Å². The largest absolute Gasteiger partial charge is 0.496 e. The number of benzene rings is 1. The van der Waals surface area contributed by atoms with E-state index in [1.165, 1.54) is 7.11 Å². The number of ether oxygens (including phenoxy) is 1. The number of amides is 2. The van der Waals surface area contributed by atoms with Crippen LogP contribution in [0.15, 0.2) is 24.3 Å². The van der Waals surface area contributed by atoms with Crippen LogP contribution in [0, 0.1) is 5.92 Å². The predicted molar refractivity (Wildman–Crippen MR) is 95.5 cm³/mol. The van der Waals surface area contributed by atoms with Crippen LogP contribution in [0.5, 0.6) is 5.75 Å². The van der Waals surface area contributed by atoms with Gasteiger partial charge in [-0.2, -0.15) is 0 Å². The van der Waals surface area contributed by atoms with Crippen LogP contribution in [0.4, 0.5) is 0 Å². The first kappa shape index (κ1) is 19.2. The molecule has 1 aromatic carbocycles. The molecule has 0 radical (unpaired) electrons. The van der Waals surface area contributed by atoms with Gasteiger partial charge < -0.3 is 20.5 Å². The first-order chi connectivity index (χ1) is 11.9. The first-order valence-corrected chi connectivity index (χ1v) is 8.84. The summed E-state index contributed by atoms with van der Waals surface area (Å²) in [6, 6.07) is 6.37. The van der Waals surface area contributed by atoms with Crippen LogP contribution in [-0.4, -0.2) is 42.2 Å². The van der Waals surface area contributed by atoms with Crippen LogP contribution in [0.25, 0.3) is 0 Å². The SMILES string of the molecule is COc1ccccc1C(=O)N[C@H](C(=O)NC1CCC(O)CC1)C(C)C. The number of carbonyl (C=O) groups excluding carboxylic acids is 2. The van der Waals surface area contributed by atoms with Crippen molar-refractivity contribution in [2.45, 2.75) is 57.7 Å². The smallest absolute Gasteiger partial charge is 0.255 e. The monoisotopic (exact) mass is 348 g/mol. The normalized spacial score (nSPS) is 21.5. The molecule has 6 nitrogen and oxygen atoms in total. The van der Waals surface area contributed by atoms with E-state index in [-0.39, 0.29) is 29.9 Å². The van der Waals surface area contributed by atoms with E-state index in [9.17, 15) is 14.7 Å². The van der Waals surface area contributed by atoms with Crippen molar-refractivity contribution in [3.05, 3.63) is 29.8 Å². The number of hydrogen-bond acceptors (Lipinski definition) is 4. The lowest BCUT2D eigenvalue weighted by molar-refractivity contribution is -0.125. The zero-order chi connectivity index (χ0) is 18.4. The number of rotatable bonds is 6. The van der Waals surface area contributed by atoms with Gasteiger partial charge in [0.1, 0.15) is 11.8 Å². The van der Waals surface area contributed by atoms with Gasteiger partial charge in [0.15, 0.2) is 0 Å². The zero-order valence-electron chi connectivity index (χ0n) is 15.1. The molecule has 1 atom stereocenters. The van der Waals surface area contributed by atoms with Crippen molar-refractivity contribution >= 4 is 11.8 Å². The minimum Gasteiger partial charge on any atom is -0.496 e. The molecule has 0 aliphatic heterocycles. The van der Waals surface area contributed by atoms with Gasteiger partial charge in [-0.3, -0.25) is 9.59 Å². The fourth-order valence-electron chi connectivity index (χ4n) is 3.10. The van der Waals surface area contributed by atoms with E-state index >= 15 is 0 Å². The van der Waals surface area contributed by atoms with E-state index in [1.807, 2.05) is 13.8 Å². The average molecular weight is 348 g/mol. The molecule has 2 amide bonds. The Balaban J connectivity index is 2.02. The summed E-state index contributed by atoms with van der Waals surface area (Å²) < 4.78 is 5.22. The van der Waals surface area contributed by atoms with Gasteiger partial charge in [-0.25, -0.2) is 0 Å². The summed E-state index contributed by atoms with van der Waals surface area (Å²) in [5.41, 5.74) is 0.407. The Kier molecular flexibility index (Phi) is 6.82. The van der Waals surface area contributed by atoms with Gasteiger partial charge in [0.2, 0.25) is 5.91 Å². The van der Waals surface area contributed by atoms with Crippen LogP contribution in [0.2, 0.25) is 0 Å². The molecule has 1 saturated carbocycles. The molecule has 25 heavy (non-hydrogen) atoms. The Morgan fingerprint density at radius 3 is 2.40 bits per heavy atom. The van der Waals surface area contributed by atoms with Gasteiger partial charge >= 0.3 is 0 Å². The first-order valence-electron chi connectivity index (χ1n) is 8.84. The van der Waals surface area contributed by atoms with Gasteiger partial charge in [-0.1, -0.05) is 26.0 Å². The Morgan fingerprint density at radius 1 is 1.16 bits per heavy atom. The molecule has 0 saturated heterocycles. The molecule has 6 heteroatoms. The average Bonchev–Trinajstić information content (AvgIpc) is 2.60. The van der Waals surface area contributed by atoms with Gasteiger partial charge in [-0.05, 0) is 43.7 Å². The van der Waals surface area contributed by atoms with Crippen molar-refractivity contribution in [1.29, 1.82) is 0 Å². The third-order valence-electron chi connectivity index (χ3n) is 4.63. The molecule has 1 aliphatic rings. The quantitative estimate of drug-likeness (QED) is 0.732. The highest BCUT2D eigenvalue weighted by molar-refractivity contribution is 5.99. The number of para-hydroxylation sites is 1. The summed E-state index contributed by atoms with van der Waals surface area (Å²) in [6.45, 7) is 3.80. The lowest BCUT2D eigenvalue weighted by Gasteiger charge is -2.29. The Morgan fingerprint density at radius 2 is 1.80 bits per heavy atom. The summed E-state index contributed by atoms with van der Waals surface area (Å²) in [4.78, 5) is 25.2. The summed E-state index contributed by atoms with van der Waals surface area (Å²) in [5, 5.41) is 15.4. The van der Waals surface area contributed by atoms with Gasteiger partial charge in [0.25, 0.3) is 5.91 Å². The summed E-state index contributed by atoms with van der Waals surface area (Å²) in [5.74, 6) is -0.0815. The fourth-order valence-corrected chi connectivity index (χ4v) is 3.10. The summed E-state index contributed by atoms with van der Waals surface area (Å²) >= 11 is 0. The molecular weight excluding hydrogens is 320 g/mol. The molecule has 0 aromatic heterocycles. The molecule has 1 fully saturated rings. The second-order valence-corrected chi connectivity index (χ2v) is 6.91. The molecule has 1 aromatic rings. The van der Waals surface area contributed by atoms with Crippen molar-refractivity contribution in [2.75, 3.05) is 7.11 Å². The molecule has 2 rings (SSSR count). The number of carbonyl (C=O) groups is 2. The molecule has 138 valence electrons. The highest BCUT2D eigenvalue weighted by Gasteiger charge is 2.28. The predicted octanol–water partition coefficient (Wildman–Crippen LogP) is 1.87. The van der Waals surface area contributed by atoms with Crippen molar-refractivity contribution in [3.63, 3.8) is 0 Å². The molecule has 0 heterocycles. The maximum atomic E-state index is 12.6. The second-order valence-electron chi connectivity index (χ2n) is 6.91. The minimum absolute atomic E-state index is 0.0483. The van der Waals surface area contributed by atoms with E-state index in [2.05, 4.69) is 10.6 Å². The van der Waals surface area contributed by atoms with E-state index in [4.69, 9.17) is 4.74 Å². The highest BCUT2D eigenvalue weighted by Crippen LogP contribution is 2.20. The van der Waals surface area contributed by atoms with E-state index in [0.717, 1.165) is 12.8 Å². The Labute approximate surface area is 149 Å². The number of aliphatic hydroxyl groups is 1. The van der Waals surface area contributed by atoms with Gasteiger partial charge in [0, 0.05) is 6.04 Å². The lowest BCUT2D eigenvalue weighted by Crippen LogP contribution is -2.52. The molecule has 3 N–H and O–H groups in total. The van der Waals surface area contributed by atoms with Crippen LogP contribution in [0.1, 0.15) is 49.9 Å². The number of methoxy groups -OCH3 is 1. The van der Waals surface area contributed by atoms with Crippen molar-refractivity contribution in [1.82, 2.24) is 10.6 Å². The van der Waals surface area contributed by atoms with Crippen LogP contribution >= 0.6 is 0 Å². The highest BCUT2D eigenvalue weighted by atomic mass is 16.5.